The van der Waals surface area contributed by atoms with Crippen LogP contribution in [-0.2, 0) is 13.0 Å². The van der Waals surface area contributed by atoms with Crippen molar-refractivity contribution in [3.05, 3.63) is 16.1 Å². The first-order valence-electron chi connectivity index (χ1n) is 5.34. The van der Waals surface area contributed by atoms with E-state index in [4.69, 9.17) is 0 Å². The molecule has 0 bridgehead atoms. The van der Waals surface area contributed by atoms with Crippen LogP contribution in [0, 0.1) is 5.92 Å². The van der Waals surface area contributed by atoms with E-state index in [0.717, 1.165) is 17.1 Å². The van der Waals surface area contributed by atoms with Crippen molar-refractivity contribution in [1.29, 1.82) is 0 Å². The molecule has 0 spiro atoms. The van der Waals surface area contributed by atoms with Crippen LogP contribution in [0.1, 0.15) is 44.6 Å². The molecule has 14 heavy (non-hydrogen) atoms. The molecule has 0 saturated carbocycles. The Bertz CT molecular complexity index is 341. The molecule has 2 nitrogen and oxygen atoms in total. The summed E-state index contributed by atoms with van der Waals surface area (Å²) >= 11 is 3.56. The zero-order valence-corrected chi connectivity index (χ0v) is 10.6. The highest BCUT2D eigenvalue weighted by Crippen LogP contribution is 2.29. The van der Waals surface area contributed by atoms with Crippen LogP contribution in [0.3, 0.4) is 0 Å². The molecular formula is C11H17BrN2. The van der Waals surface area contributed by atoms with E-state index >= 15 is 0 Å². The molecule has 78 valence electrons. The van der Waals surface area contributed by atoms with Crippen LogP contribution in [0.2, 0.25) is 0 Å². The first kappa shape index (κ1) is 10.2. The number of rotatable bonds is 1. The van der Waals surface area contributed by atoms with Gasteiger partial charge in [-0.05, 0) is 34.7 Å². The highest BCUT2D eigenvalue weighted by Gasteiger charge is 2.22. The van der Waals surface area contributed by atoms with E-state index in [1.165, 1.54) is 24.4 Å². The number of fused-ring (bicyclic) bond motifs is 1. The van der Waals surface area contributed by atoms with Crippen LogP contribution in [0.15, 0.2) is 4.60 Å². The molecule has 1 aromatic heterocycles. The van der Waals surface area contributed by atoms with Gasteiger partial charge in [0.2, 0.25) is 0 Å². The fourth-order valence-electron chi connectivity index (χ4n) is 2.14. The van der Waals surface area contributed by atoms with Gasteiger partial charge in [-0.25, -0.2) is 4.98 Å². The van der Waals surface area contributed by atoms with Gasteiger partial charge in [-0.1, -0.05) is 20.8 Å². The zero-order valence-electron chi connectivity index (χ0n) is 9.05. The lowest BCUT2D eigenvalue weighted by molar-refractivity contribution is 0.386. The third kappa shape index (κ3) is 1.62. The first-order chi connectivity index (χ1) is 6.59. The zero-order chi connectivity index (χ0) is 10.3. The van der Waals surface area contributed by atoms with Gasteiger partial charge in [-0.3, -0.25) is 0 Å². The molecular weight excluding hydrogens is 240 g/mol. The quantitative estimate of drug-likeness (QED) is 0.754. The summed E-state index contributed by atoms with van der Waals surface area (Å²) < 4.78 is 3.47. The van der Waals surface area contributed by atoms with Crippen LogP contribution in [-0.4, -0.2) is 9.55 Å². The van der Waals surface area contributed by atoms with Crippen LogP contribution in [0.5, 0.6) is 0 Å². The highest BCUT2D eigenvalue weighted by molar-refractivity contribution is 9.10. The van der Waals surface area contributed by atoms with Gasteiger partial charge in [0.1, 0.15) is 10.4 Å². The summed E-state index contributed by atoms with van der Waals surface area (Å²) in [6.07, 6.45) is 2.46. The van der Waals surface area contributed by atoms with Crippen molar-refractivity contribution < 1.29 is 0 Å². The molecule has 2 heterocycles. The Morgan fingerprint density at radius 2 is 2.21 bits per heavy atom. The molecule has 0 fully saturated rings. The van der Waals surface area contributed by atoms with Crippen molar-refractivity contribution in [2.75, 3.05) is 0 Å². The van der Waals surface area contributed by atoms with Crippen molar-refractivity contribution in [3.63, 3.8) is 0 Å². The molecule has 0 aliphatic carbocycles. The van der Waals surface area contributed by atoms with E-state index in [1.807, 2.05) is 0 Å². The summed E-state index contributed by atoms with van der Waals surface area (Å²) in [5.41, 5.74) is 1.40. The molecule has 1 atom stereocenters. The van der Waals surface area contributed by atoms with Gasteiger partial charge in [0, 0.05) is 12.5 Å². The van der Waals surface area contributed by atoms with Crippen LogP contribution in [0.25, 0.3) is 0 Å². The highest BCUT2D eigenvalue weighted by atomic mass is 79.9. The normalized spacial score (nSPS) is 21.4. The van der Waals surface area contributed by atoms with Crippen molar-refractivity contribution >= 4 is 15.9 Å². The van der Waals surface area contributed by atoms with Gasteiger partial charge in [-0.15, -0.1) is 0 Å². The molecule has 0 aromatic carbocycles. The van der Waals surface area contributed by atoms with E-state index in [-0.39, 0.29) is 0 Å². The molecule has 0 N–H and O–H groups in total. The SMILES string of the molecule is CC1CCc2c(Br)nc(C(C)C)n2C1. The molecule has 0 radical (unpaired) electrons. The van der Waals surface area contributed by atoms with Gasteiger partial charge < -0.3 is 4.57 Å². The lowest BCUT2D eigenvalue weighted by atomic mass is 10.00. The average Bonchev–Trinajstić information content (AvgIpc) is 2.43. The number of aromatic nitrogens is 2. The van der Waals surface area contributed by atoms with Crippen molar-refractivity contribution in [1.82, 2.24) is 9.55 Å². The Kier molecular flexibility index (Phi) is 2.69. The van der Waals surface area contributed by atoms with Gasteiger partial charge >= 0.3 is 0 Å². The minimum absolute atomic E-state index is 0.519. The Morgan fingerprint density at radius 3 is 2.86 bits per heavy atom. The molecule has 1 aliphatic rings. The summed E-state index contributed by atoms with van der Waals surface area (Å²) in [4.78, 5) is 4.61. The Morgan fingerprint density at radius 1 is 1.50 bits per heavy atom. The van der Waals surface area contributed by atoms with E-state index in [2.05, 4.69) is 46.3 Å². The number of hydrogen-bond donors (Lipinski definition) is 0. The topological polar surface area (TPSA) is 17.8 Å². The molecule has 1 unspecified atom stereocenters. The minimum Gasteiger partial charge on any atom is -0.330 e. The van der Waals surface area contributed by atoms with Crippen LogP contribution < -0.4 is 0 Å². The lowest BCUT2D eigenvalue weighted by Crippen LogP contribution is -2.20. The fourth-order valence-corrected chi connectivity index (χ4v) is 2.74. The number of halogens is 1. The molecule has 1 aromatic rings. The Labute approximate surface area is 93.9 Å². The average molecular weight is 257 g/mol. The molecule has 2 rings (SSSR count). The molecule has 1 aliphatic heterocycles. The Balaban J connectivity index is 2.45. The van der Waals surface area contributed by atoms with E-state index in [9.17, 15) is 0 Å². The monoisotopic (exact) mass is 256 g/mol. The summed E-state index contributed by atoms with van der Waals surface area (Å²) in [5.74, 6) is 2.55. The van der Waals surface area contributed by atoms with Gasteiger partial charge in [0.05, 0.1) is 5.69 Å². The second-order valence-electron chi connectivity index (χ2n) is 4.62. The van der Waals surface area contributed by atoms with Crippen molar-refractivity contribution in [3.8, 4) is 0 Å². The third-order valence-corrected chi connectivity index (χ3v) is 3.57. The predicted molar refractivity (Wildman–Crippen MR) is 61.5 cm³/mol. The number of nitrogens with zero attached hydrogens (tertiary/aromatic N) is 2. The summed E-state index contributed by atoms with van der Waals surface area (Å²) in [6, 6.07) is 0. The third-order valence-electron chi connectivity index (χ3n) is 2.94. The maximum Gasteiger partial charge on any atom is 0.127 e. The van der Waals surface area contributed by atoms with Crippen LogP contribution in [0.4, 0.5) is 0 Å². The summed E-state index contributed by atoms with van der Waals surface area (Å²) in [7, 11) is 0. The number of hydrogen-bond acceptors (Lipinski definition) is 1. The number of imidazole rings is 1. The van der Waals surface area contributed by atoms with E-state index in [0.29, 0.717) is 5.92 Å². The summed E-state index contributed by atoms with van der Waals surface area (Å²) in [6.45, 7) is 7.88. The predicted octanol–water partition coefficient (Wildman–Crippen LogP) is 3.35. The van der Waals surface area contributed by atoms with Gasteiger partial charge in [-0.2, -0.15) is 0 Å². The second-order valence-corrected chi connectivity index (χ2v) is 5.37. The maximum atomic E-state index is 4.61. The van der Waals surface area contributed by atoms with E-state index in [1.54, 1.807) is 0 Å². The van der Waals surface area contributed by atoms with Crippen molar-refractivity contribution in [2.45, 2.75) is 46.1 Å². The second kappa shape index (κ2) is 3.69. The minimum atomic E-state index is 0.519. The van der Waals surface area contributed by atoms with Gasteiger partial charge in [0.25, 0.3) is 0 Å². The largest absolute Gasteiger partial charge is 0.330 e. The molecule has 0 amide bonds. The summed E-state index contributed by atoms with van der Waals surface area (Å²) in [5, 5.41) is 0. The maximum absolute atomic E-state index is 4.61. The molecule has 3 heteroatoms. The first-order valence-corrected chi connectivity index (χ1v) is 6.13. The van der Waals surface area contributed by atoms with E-state index < -0.39 is 0 Å². The standard InChI is InChI=1S/C11H17BrN2/c1-7(2)11-13-10(12)9-5-4-8(3)6-14(9)11/h7-8H,4-6H2,1-3H3. The van der Waals surface area contributed by atoms with Crippen molar-refractivity contribution in [2.24, 2.45) is 5.92 Å². The lowest BCUT2D eigenvalue weighted by Gasteiger charge is -2.23. The van der Waals surface area contributed by atoms with Crippen LogP contribution >= 0.6 is 15.9 Å². The molecule has 0 saturated heterocycles. The smallest absolute Gasteiger partial charge is 0.127 e. The van der Waals surface area contributed by atoms with Gasteiger partial charge in [0.15, 0.2) is 0 Å². The fraction of sp³-hybridized carbons (Fsp3) is 0.727. The Hall–Kier alpha value is -0.310.